The monoisotopic (exact) mass is 86.0 g/mol. The summed E-state index contributed by atoms with van der Waals surface area (Å²) in [7, 11) is 0. The molecule has 0 unspecified atom stereocenters. The van der Waals surface area contributed by atoms with E-state index in [0.717, 1.165) is 6.92 Å². The predicted molar refractivity (Wildman–Crippen MR) is 14.2 cm³/mol. The van der Waals surface area contributed by atoms with E-state index < -0.39 is 6.43 Å². The van der Waals surface area contributed by atoms with E-state index in [0.29, 0.717) is 0 Å². The van der Waals surface area contributed by atoms with Crippen molar-refractivity contribution in [2.75, 3.05) is 0 Å². The highest BCUT2D eigenvalue weighted by atomic mass is 19.3. The highest BCUT2D eigenvalue weighted by Gasteiger charge is 1.79. The molecular weight excluding hydrogens is 81.0 g/mol. The predicted octanol–water partition coefficient (Wildman–Crippen LogP) is 1.42. The summed E-state index contributed by atoms with van der Waals surface area (Å²) in [6.45, 7) is 0.833. The minimum absolute atomic E-state index is 0. The Morgan fingerprint density at radius 3 is 1.40 bits per heavy atom. The van der Waals surface area contributed by atoms with E-state index in [4.69, 9.17) is 0 Å². The number of halogens is 3. The van der Waals surface area contributed by atoms with Gasteiger partial charge in [0.1, 0.15) is 0 Å². The summed E-state index contributed by atoms with van der Waals surface area (Å²) in [4.78, 5) is 0. The van der Waals surface area contributed by atoms with Crippen molar-refractivity contribution in [2.24, 2.45) is 0 Å². The first-order valence-electron chi connectivity index (χ1n) is 1.01. The molecule has 0 spiro atoms. The molecule has 0 saturated carbocycles. The summed E-state index contributed by atoms with van der Waals surface area (Å²) in [6.07, 6.45) is -2.17. The van der Waals surface area contributed by atoms with Crippen LogP contribution in [0.15, 0.2) is 0 Å². The molecule has 0 amide bonds. The summed E-state index contributed by atoms with van der Waals surface area (Å²) < 4.78 is 20.7. The smallest absolute Gasteiger partial charge is 0.235 e. The second kappa shape index (κ2) is 3.79. The lowest BCUT2D eigenvalue weighted by Crippen LogP contribution is -1.69. The summed E-state index contributed by atoms with van der Waals surface area (Å²) >= 11 is 0. The molecule has 0 N–H and O–H groups in total. The lowest BCUT2D eigenvalue weighted by atomic mass is 10.9. The molecule has 5 heavy (non-hydrogen) atoms. The molecule has 0 aromatic carbocycles. The summed E-state index contributed by atoms with van der Waals surface area (Å²) in [5.41, 5.74) is 0. The molecule has 0 nitrogen and oxygen atoms in total. The van der Waals surface area contributed by atoms with E-state index in [2.05, 4.69) is 0 Å². The maximum atomic E-state index is 10.3. The maximum absolute atomic E-state index is 10.3. The third kappa shape index (κ3) is 275. The highest BCUT2D eigenvalue weighted by molar-refractivity contribution is 4.06. The van der Waals surface area contributed by atoms with Crippen LogP contribution in [0.25, 0.3) is 0 Å². The molecule has 0 aliphatic heterocycles. The zero-order chi connectivity index (χ0) is 3.58. The Morgan fingerprint density at radius 1 is 1.40 bits per heavy atom. The number of rotatable bonds is 0. The van der Waals surface area contributed by atoms with E-state index in [9.17, 15) is 8.78 Å². The van der Waals surface area contributed by atoms with Crippen LogP contribution < -0.4 is 0 Å². The molecule has 0 atom stereocenters. The Hall–Kier alpha value is -0.210. The van der Waals surface area contributed by atoms with Crippen LogP contribution in [0.5, 0.6) is 0 Å². The molecule has 0 aliphatic rings. The van der Waals surface area contributed by atoms with Gasteiger partial charge in [-0.2, -0.15) is 0 Å². The quantitative estimate of drug-likeness (QED) is 0.418. The molecule has 0 bridgehead atoms. The third-order valence-electron chi connectivity index (χ3n) is 0. The standard InChI is InChI=1S/C2H4F2.FH/c1-2(3)4;/h2H,1H3;1H. The Bertz CT molecular complexity index is 9.61. The number of alkyl halides is 2. The Labute approximate surface area is 28.2 Å². The lowest BCUT2D eigenvalue weighted by molar-refractivity contribution is 0.171. The van der Waals surface area contributed by atoms with E-state index in [-0.39, 0.29) is 4.70 Å². The van der Waals surface area contributed by atoms with E-state index in [1.807, 2.05) is 0 Å². The van der Waals surface area contributed by atoms with Gasteiger partial charge in [-0.3, -0.25) is 4.70 Å². The number of hydrogen-bond donors (Lipinski definition) is 0. The normalized spacial score (nSPS) is 7.20. The molecule has 0 saturated heterocycles. The second-order valence-electron chi connectivity index (χ2n) is 0.519. The first-order chi connectivity index (χ1) is 1.73. The Kier molecular flexibility index (Phi) is 6.70. The first-order valence-corrected chi connectivity index (χ1v) is 1.01. The minimum atomic E-state index is -2.17. The Morgan fingerprint density at radius 2 is 1.40 bits per heavy atom. The minimum Gasteiger partial charge on any atom is -0.269 e. The Balaban J connectivity index is 0. The van der Waals surface area contributed by atoms with Crippen LogP contribution in [0.1, 0.15) is 6.92 Å². The fraction of sp³-hybridized carbons (Fsp3) is 1.00. The van der Waals surface area contributed by atoms with E-state index in [1.54, 1.807) is 0 Å². The fourth-order valence-electron chi connectivity index (χ4n) is 0. The molecule has 0 heterocycles. The van der Waals surface area contributed by atoms with Gasteiger partial charge in [-0.1, -0.05) is 0 Å². The second-order valence-corrected chi connectivity index (χ2v) is 0.519. The van der Waals surface area contributed by atoms with E-state index in [1.165, 1.54) is 0 Å². The van der Waals surface area contributed by atoms with Crippen molar-refractivity contribution in [1.29, 1.82) is 0 Å². The molecular formula is C2H5F3. The van der Waals surface area contributed by atoms with Crippen molar-refractivity contribution in [1.82, 2.24) is 0 Å². The average Bonchev–Trinajstić information content (AvgIpc) is 0.811. The van der Waals surface area contributed by atoms with Gasteiger partial charge in [-0.25, -0.2) is 8.78 Å². The molecule has 3 heteroatoms. The van der Waals surface area contributed by atoms with Crippen LogP contribution in [0.3, 0.4) is 0 Å². The van der Waals surface area contributed by atoms with Gasteiger partial charge >= 0.3 is 0 Å². The van der Waals surface area contributed by atoms with Crippen LogP contribution in [0.4, 0.5) is 13.5 Å². The van der Waals surface area contributed by atoms with Crippen LogP contribution in [-0.4, -0.2) is 6.43 Å². The van der Waals surface area contributed by atoms with Gasteiger partial charge < -0.3 is 0 Å². The number of hydrogen-bond acceptors (Lipinski definition) is 0. The van der Waals surface area contributed by atoms with Crippen molar-refractivity contribution in [2.45, 2.75) is 13.3 Å². The molecule has 0 aliphatic carbocycles. The van der Waals surface area contributed by atoms with Crippen LogP contribution in [0, 0.1) is 0 Å². The molecule has 0 aromatic rings. The maximum Gasteiger partial charge on any atom is 0.235 e. The van der Waals surface area contributed by atoms with Crippen LogP contribution in [-0.2, 0) is 0 Å². The molecule has 0 aromatic heterocycles. The van der Waals surface area contributed by atoms with Gasteiger partial charge in [0.05, 0.1) is 0 Å². The lowest BCUT2D eigenvalue weighted by Gasteiger charge is -1.70. The SMILES string of the molecule is CC(F)F.F. The van der Waals surface area contributed by atoms with Gasteiger partial charge in [0.2, 0.25) is 6.43 Å². The van der Waals surface area contributed by atoms with Crippen molar-refractivity contribution in [3.8, 4) is 0 Å². The molecule has 0 rings (SSSR count). The van der Waals surface area contributed by atoms with Crippen LogP contribution >= 0.6 is 0 Å². The summed E-state index contributed by atoms with van der Waals surface area (Å²) in [5, 5.41) is 0. The van der Waals surface area contributed by atoms with Gasteiger partial charge in [0, 0.05) is 0 Å². The van der Waals surface area contributed by atoms with Gasteiger partial charge in [-0.05, 0) is 6.92 Å². The van der Waals surface area contributed by atoms with Gasteiger partial charge in [-0.15, -0.1) is 0 Å². The highest BCUT2D eigenvalue weighted by Crippen LogP contribution is 1.82. The molecule has 0 radical (unpaired) electrons. The first kappa shape index (κ1) is 8.84. The van der Waals surface area contributed by atoms with Crippen molar-refractivity contribution >= 4 is 0 Å². The third-order valence-corrected chi connectivity index (χ3v) is 0. The van der Waals surface area contributed by atoms with E-state index >= 15 is 0 Å². The summed E-state index contributed by atoms with van der Waals surface area (Å²) in [6, 6.07) is 0. The molecule has 34 valence electrons. The summed E-state index contributed by atoms with van der Waals surface area (Å²) in [5.74, 6) is 0. The van der Waals surface area contributed by atoms with Gasteiger partial charge in [0.25, 0.3) is 0 Å². The fourth-order valence-corrected chi connectivity index (χ4v) is 0. The average molecular weight is 86.1 g/mol. The largest absolute Gasteiger partial charge is 0.269 e. The zero-order valence-corrected chi connectivity index (χ0v) is 2.74. The molecule has 0 fully saturated rings. The topological polar surface area (TPSA) is 0 Å². The zero-order valence-electron chi connectivity index (χ0n) is 2.74. The van der Waals surface area contributed by atoms with Crippen molar-refractivity contribution in [3.05, 3.63) is 0 Å². The van der Waals surface area contributed by atoms with Gasteiger partial charge in [0.15, 0.2) is 0 Å². The van der Waals surface area contributed by atoms with Crippen molar-refractivity contribution in [3.63, 3.8) is 0 Å². The van der Waals surface area contributed by atoms with Crippen LogP contribution in [0.2, 0.25) is 0 Å². The van der Waals surface area contributed by atoms with Crippen molar-refractivity contribution < 1.29 is 13.5 Å².